The van der Waals surface area contributed by atoms with E-state index in [4.69, 9.17) is 14.9 Å². The number of aromatic nitrogens is 3. The number of ether oxygens (including phenoxy) is 1. The van der Waals surface area contributed by atoms with Crippen LogP contribution in [0.5, 0.6) is 5.75 Å². The third-order valence-corrected chi connectivity index (χ3v) is 4.65. The standard InChI is InChI=1S/C21H16N3O.C5H12O2.Ir/c1-25-19-15-9-8-14-18(19)24-20(16-10-4-2-5-11-16)22-23-21(24)17-12-6-3-7-13-17;1-4(6)3-5(2)7;/h2-12,14-15H,1H3;4-7H,3H2,1-2H3;/q-1;;. The molecule has 33 heavy (non-hydrogen) atoms. The quantitative estimate of drug-likeness (QED) is 0.309. The van der Waals surface area contributed by atoms with Crippen LogP contribution >= 0.6 is 0 Å². The van der Waals surface area contributed by atoms with E-state index in [2.05, 4.69) is 16.3 Å². The van der Waals surface area contributed by atoms with Crippen LogP contribution in [0.3, 0.4) is 0 Å². The summed E-state index contributed by atoms with van der Waals surface area (Å²) in [6.45, 7) is 3.32. The summed E-state index contributed by atoms with van der Waals surface area (Å²) < 4.78 is 7.58. The molecule has 0 bridgehead atoms. The van der Waals surface area contributed by atoms with E-state index in [1.165, 1.54) is 0 Å². The van der Waals surface area contributed by atoms with Crippen molar-refractivity contribution in [2.75, 3.05) is 7.11 Å². The van der Waals surface area contributed by atoms with Crippen molar-refractivity contribution in [3.05, 3.63) is 84.9 Å². The van der Waals surface area contributed by atoms with Gasteiger partial charge in [0, 0.05) is 25.7 Å². The first-order valence-corrected chi connectivity index (χ1v) is 10.5. The van der Waals surface area contributed by atoms with E-state index in [1.54, 1.807) is 21.0 Å². The zero-order valence-electron chi connectivity index (χ0n) is 18.8. The zero-order chi connectivity index (χ0) is 22.9. The Bertz CT molecular complexity index is 1040. The van der Waals surface area contributed by atoms with Gasteiger partial charge in [-0.2, -0.15) is 5.10 Å². The number of hydrogen-bond donors (Lipinski definition) is 2. The Morgan fingerprint density at radius 3 is 2.03 bits per heavy atom. The van der Waals surface area contributed by atoms with Crippen LogP contribution in [0.2, 0.25) is 0 Å². The normalized spacial score (nSPS) is 12.0. The number of hydrogen-bond acceptors (Lipinski definition) is 5. The molecule has 1 heterocycles. The molecule has 7 heteroatoms. The Labute approximate surface area is 208 Å². The third-order valence-electron chi connectivity index (χ3n) is 4.65. The fourth-order valence-corrected chi connectivity index (χ4v) is 3.30. The molecule has 2 N–H and O–H groups in total. The maximum Gasteiger partial charge on any atom is 0.159 e. The summed E-state index contributed by atoms with van der Waals surface area (Å²) in [5.41, 5.74) is 2.76. The van der Waals surface area contributed by atoms with Crippen molar-refractivity contribution in [3.8, 4) is 34.2 Å². The fourth-order valence-electron chi connectivity index (χ4n) is 3.30. The van der Waals surface area contributed by atoms with Crippen molar-refractivity contribution in [1.82, 2.24) is 14.8 Å². The Hall–Kier alpha value is -2.83. The van der Waals surface area contributed by atoms with Gasteiger partial charge >= 0.3 is 0 Å². The van der Waals surface area contributed by atoms with Crippen LogP contribution in [0.4, 0.5) is 0 Å². The number of para-hydroxylation sites is 2. The molecular weight excluding hydrogens is 595 g/mol. The minimum absolute atomic E-state index is 0. The van der Waals surface area contributed by atoms with Crippen LogP contribution in [0.15, 0.2) is 78.9 Å². The third kappa shape index (κ3) is 7.07. The van der Waals surface area contributed by atoms with Crippen LogP contribution in [-0.4, -0.2) is 44.3 Å². The first kappa shape index (κ1) is 26.4. The Balaban J connectivity index is 0.000000423. The van der Waals surface area contributed by atoms with Crippen LogP contribution < -0.4 is 4.74 Å². The molecule has 6 nitrogen and oxygen atoms in total. The number of benzene rings is 3. The van der Waals surface area contributed by atoms with Gasteiger partial charge in [-0.15, -0.1) is 41.0 Å². The molecular formula is C26H28IrN3O3-. The molecule has 0 aliphatic rings. The van der Waals surface area contributed by atoms with E-state index in [1.807, 2.05) is 83.4 Å². The molecule has 4 aromatic rings. The second-order valence-corrected chi connectivity index (χ2v) is 7.43. The van der Waals surface area contributed by atoms with E-state index >= 15 is 0 Å². The van der Waals surface area contributed by atoms with E-state index in [0.717, 1.165) is 34.2 Å². The Morgan fingerprint density at radius 2 is 1.45 bits per heavy atom. The number of aliphatic hydroxyl groups excluding tert-OH is 2. The Morgan fingerprint density at radius 1 is 0.848 bits per heavy atom. The summed E-state index contributed by atoms with van der Waals surface area (Å²) in [5.74, 6) is 2.25. The van der Waals surface area contributed by atoms with Crippen molar-refractivity contribution >= 4 is 0 Å². The van der Waals surface area contributed by atoms with Crippen molar-refractivity contribution in [2.45, 2.75) is 32.5 Å². The molecule has 0 amide bonds. The molecule has 0 aliphatic heterocycles. The van der Waals surface area contributed by atoms with Crippen molar-refractivity contribution in [3.63, 3.8) is 0 Å². The summed E-state index contributed by atoms with van der Waals surface area (Å²) in [6.07, 6.45) is -0.278. The molecule has 2 unspecified atom stereocenters. The second-order valence-electron chi connectivity index (χ2n) is 7.43. The van der Waals surface area contributed by atoms with Gasteiger partial charge in [0.25, 0.3) is 0 Å². The number of nitrogens with zero attached hydrogens (tertiary/aromatic N) is 3. The SMILES string of the molecule is CC(O)CC(C)O.COc1ccccc1-n1c(-c2[c-]cccc2)nnc1-c1ccccc1.[Ir]. The van der Waals surface area contributed by atoms with Gasteiger partial charge in [0.2, 0.25) is 0 Å². The van der Waals surface area contributed by atoms with Crippen molar-refractivity contribution in [2.24, 2.45) is 0 Å². The van der Waals surface area contributed by atoms with Crippen LogP contribution in [0.25, 0.3) is 28.5 Å². The molecule has 0 spiro atoms. The molecule has 175 valence electrons. The van der Waals surface area contributed by atoms with Gasteiger partial charge in [-0.3, -0.25) is 0 Å². The van der Waals surface area contributed by atoms with Crippen molar-refractivity contribution in [1.29, 1.82) is 0 Å². The average Bonchev–Trinajstić information content (AvgIpc) is 3.25. The summed E-state index contributed by atoms with van der Waals surface area (Å²) in [7, 11) is 1.67. The van der Waals surface area contributed by atoms with Gasteiger partial charge in [-0.1, -0.05) is 42.5 Å². The van der Waals surface area contributed by atoms with E-state index in [-0.39, 0.29) is 32.3 Å². The second kappa shape index (κ2) is 13.0. The molecule has 2 atom stereocenters. The Kier molecular flexibility index (Phi) is 10.4. The topological polar surface area (TPSA) is 80.4 Å². The monoisotopic (exact) mass is 623 g/mol. The van der Waals surface area contributed by atoms with Crippen LogP contribution in [0.1, 0.15) is 20.3 Å². The van der Waals surface area contributed by atoms with Crippen LogP contribution in [0, 0.1) is 6.07 Å². The van der Waals surface area contributed by atoms with Gasteiger partial charge < -0.3 is 19.5 Å². The van der Waals surface area contributed by atoms with Gasteiger partial charge in [-0.25, -0.2) is 0 Å². The molecule has 1 aromatic heterocycles. The maximum absolute atomic E-state index is 8.56. The molecule has 0 saturated carbocycles. The molecule has 1 radical (unpaired) electrons. The summed E-state index contributed by atoms with van der Waals surface area (Å²) >= 11 is 0. The summed E-state index contributed by atoms with van der Waals surface area (Å²) in [4.78, 5) is 0. The van der Waals surface area contributed by atoms with Gasteiger partial charge in [-0.05, 0) is 32.4 Å². The van der Waals surface area contributed by atoms with Gasteiger partial charge in [0.1, 0.15) is 5.75 Å². The summed E-state index contributed by atoms with van der Waals surface area (Å²) in [5, 5.41) is 26.0. The van der Waals surface area contributed by atoms with Gasteiger partial charge in [0.15, 0.2) is 5.82 Å². The summed E-state index contributed by atoms with van der Waals surface area (Å²) in [6, 6.07) is 28.9. The first-order valence-electron chi connectivity index (χ1n) is 10.5. The number of aliphatic hydroxyl groups is 2. The van der Waals surface area contributed by atoms with Gasteiger partial charge in [0.05, 0.1) is 30.8 Å². The largest absolute Gasteiger partial charge is 0.495 e. The van der Waals surface area contributed by atoms with E-state index < -0.39 is 0 Å². The van der Waals surface area contributed by atoms with E-state index in [9.17, 15) is 0 Å². The first-order chi connectivity index (χ1) is 15.5. The minimum Gasteiger partial charge on any atom is -0.495 e. The number of methoxy groups -OCH3 is 1. The predicted octanol–water partition coefficient (Wildman–Crippen LogP) is 4.55. The molecule has 0 saturated heterocycles. The van der Waals surface area contributed by atoms with E-state index in [0.29, 0.717) is 6.42 Å². The fraction of sp³-hybridized carbons (Fsp3) is 0.231. The molecule has 4 rings (SSSR count). The zero-order valence-corrected chi connectivity index (χ0v) is 21.2. The van der Waals surface area contributed by atoms with Crippen LogP contribution in [-0.2, 0) is 20.1 Å². The number of rotatable bonds is 6. The minimum atomic E-state index is -0.375. The molecule has 0 fully saturated rings. The molecule has 3 aromatic carbocycles. The maximum atomic E-state index is 8.56. The average molecular weight is 623 g/mol. The van der Waals surface area contributed by atoms with Crippen molar-refractivity contribution < 1.29 is 35.1 Å². The predicted molar refractivity (Wildman–Crippen MR) is 126 cm³/mol. The molecule has 0 aliphatic carbocycles. The smallest absolute Gasteiger partial charge is 0.159 e.